The standard InChI is InChI=1S/C22H34N2O5/c1-21(2,3)28-19(26)16-12-11-15-10-9-14-8-7-13-23(17(14)18(25)24(15)16)20(27)29-22(4,5)6/h9-10,14-17H,7-8,11-13H2,1-6H3/t14-,15+,16+,17+/m1/s1. The summed E-state index contributed by atoms with van der Waals surface area (Å²) in [6.07, 6.45) is 6.56. The van der Waals surface area contributed by atoms with Gasteiger partial charge in [-0.2, -0.15) is 0 Å². The number of carbonyl (C=O) groups excluding carboxylic acids is 3. The summed E-state index contributed by atoms with van der Waals surface area (Å²) in [6, 6.07) is -1.38. The van der Waals surface area contributed by atoms with Crippen molar-refractivity contribution in [2.75, 3.05) is 6.54 Å². The molecule has 0 N–H and O–H groups in total. The first-order valence-electron chi connectivity index (χ1n) is 10.6. The van der Waals surface area contributed by atoms with E-state index in [0.717, 1.165) is 19.3 Å². The molecule has 4 atom stereocenters. The first kappa shape index (κ1) is 21.7. The van der Waals surface area contributed by atoms with Crippen LogP contribution < -0.4 is 0 Å². The van der Waals surface area contributed by atoms with E-state index >= 15 is 0 Å². The van der Waals surface area contributed by atoms with Crippen LogP contribution >= 0.6 is 0 Å². The molecule has 3 rings (SSSR count). The quantitative estimate of drug-likeness (QED) is 0.493. The molecule has 3 heterocycles. The predicted molar refractivity (Wildman–Crippen MR) is 108 cm³/mol. The van der Waals surface area contributed by atoms with Gasteiger partial charge in [0.1, 0.15) is 23.3 Å². The Hall–Kier alpha value is -2.05. The smallest absolute Gasteiger partial charge is 0.410 e. The number of ether oxygens (including phenoxy) is 2. The summed E-state index contributed by atoms with van der Waals surface area (Å²) in [5.41, 5.74) is -1.25. The van der Waals surface area contributed by atoms with Crippen molar-refractivity contribution < 1.29 is 23.9 Å². The number of hydrogen-bond donors (Lipinski definition) is 0. The van der Waals surface area contributed by atoms with Crippen LogP contribution in [0.2, 0.25) is 0 Å². The van der Waals surface area contributed by atoms with Crippen molar-refractivity contribution in [1.82, 2.24) is 9.80 Å². The number of amides is 2. The summed E-state index contributed by atoms with van der Waals surface area (Å²) in [4.78, 5) is 42.5. The Bertz CT molecular complexity index is 703. The Morgan fingerprint density at radius 3 is 2.24 bits per heavy atom. The van der Waals surface area contributed by atoms with Crippen LogP contribution in [0, 0.1) is 5.92 Å². The number of fused-ring (bicyclic) bond motifs is 2. The normalized spacial score (nSPS) is 29.8. The second kappa shape index (κ2) is 7.65. The fourth-order valence-corrected chi connectivity index (χ4v) is 4.44. The first-order valence-corrected chi connectivity index (χ1v) is 10.6. The molecule has 3 aliphatic heterocycles. The molecule has 0 aromatic rings. The van der Waals surface area contributed by atoms with Crippen molar-refractivity contribution >= 4 is 18.0 Å². The number of rotatable bonds is 1. The lowest BCUT2D eigenvalue weighted by Gasteiger charge is -2.41. The summed E-state index contributed by atoms with van der Waals surface area (Å²) < 4.78 is 11.1. The number of hydrogen-bond acceptors (Lipinski definition) is 5. The molecule has 2 amide bonds. The minimum Gasteiger partial charge on any atom is -0.458 e. The average Bonchev–Trinajstić information content (AvgIpc) is 2.94. The van der Waals surface area contributed by atoms with E-state index < -0.39 is 29.4 Å². The maximum atomic E-state index is 13.7. The largest absolute Gasteiger partial charge is 0.458 e. The molecule has 0 radical (unpaired) electrons. The maximum absolute atomic E-state index is 13.7. The maximum Gasteiger partial charge on any atom is 0.410 e. The monoisotopic (exact) mass is 406 g/mol. The molecular weight excluding hydrogens is 372 g/mol. The zero-order valence-electron chi connectivity index (χ0n) is 18.4. The highest BCUT2D eigenvalue weighted by atomic mass is 16.6. The van der Waals surface area contributed by atoms with E-state index in [1.54, 1.807) is 9.80 Å². The van der Waals surface area contributed by atoms with E-state index in [1.807, 2.05) is 47.6 Å². The van der Waals surface area contributed by atoms with Gasteiger partial charge in [-0.3, -0.25) is 9.69 Å². The number of nitrogens with zero attached hydrogens (tertiary/aromatic N) is 2. The zero-order chi connectivity index (χ0) is 21.6. The van der Waals surface area contributed by atoms with Crippen LogP contribution in [0.1, 0.15) is 67.2 Å². The molecule has 0 aromatic carbocycles. The minimum absolute atomic E-state index is 0.0614. The lowest BCUT2D eigenvalue weighted by Crippen LogP contribution is -2.59. The number of likely N-dealkylation sites (tertiary alicyclic amines) is 1. The van der Waals surface area contributed by atoms with E-state index in [-0.39, 0.29) is 23.8 Å². The minimum atomic E-state index is -0.636. The number of esters is 1. The highest BCUT2D eigenvalue weighted by molar-refractivity contribution is 5.91. The van der Waals surface area contributed by atoms with Gasteiger partial charge in [0.25, 0.3) is 0 Å². The Kier molecular flexibility index (Phi) is 5.71. The summed E-state index contributed by atoms with van der Waals surface area (Å²) in [6.45, 7) is 11.4. The molecule has 0 unspecified atom stereocenters. The average molecular weight is 407 g/mol. The van der Waals surface area contributed by atoms with E-state index in [4.69, 9.17) is 9.47 Å². The molecule has 0 bridgehead atoms. The predicted octanol–water partition coefficient (Wildman–Crippen LogP) is 3.27. The number of carbonyl (C=O) groups is 3. The van der Waals surface area contributed by atoms with Gasteiger partial charge in [-0.25, -0.2) is 9.59 Å². The molecule has 0 aliphatic carbocycles. The van der Waals surface area contributed by atoms with E-state index in [0.29, 0.717) is 13.0 Å². The summed E-state index contributed by atoms with van der Waals surface area (Å²) in [5, 5.41) is 0. The molecule has 0 saturated carbocycles. The van der Waals surface area contributed by atoms with Crippen molar-refractivity contribution in [3.63, 3.8) is 0 Å². The molecule has 7 nitrogen and oxygen atoms in total. The van der Waals surface area contributed by atoms with Crippen LogP contribution in [-0.2, 0) is 19.1 Å². The van der Waals surface area contributed by atoms with Crippen molar-refractivity contribution in [2.24, 2.45) is 5.92 Å². The molecule has 3 aliphatic rings. The summed E-state index contributed by atoms with van der Waals surface area (Å²) in [5.74, 6) is -0.614. The number of piperidine rings is 1. The van der Waals surface area contributed by atoms with Gasteiger partial charge < -0.3 is 14.4 Å². The van der Waals surface area contributed by atoms with Crippen LogP contribution in [0.5, 0.6) is 0 Å². The van der Waals surface area contributed by atoms with Gasteiger partial charge in [-0.1, -0.05) is 12.2 Å². The van der Waals surface area contributed by atoms with Crippen molar-refractivity contribution in [3.05, 3.63) is 12.2 Å². The van der Waals surface area contributed by atoms with Crippen LogP contribution in [0.25, 0.3) is 0 Å². The fourth-order valence-electron chi connectivity index (χ4n) is 4.44. The van der Waals surface area contributed by atoms with Crippen LogP contribution in [0.4, 0.5) is 4.79 Å². The van der Waals surface area contributed by atoms with Crippen LogP contribution in [-0.4, -0.2) is 63.6 Å². The third kappa shape index (κ3) is 4.75. The molecule has 2 saturated heterocycles. The zero-order valence-corrected chi connectivity index (χ0v) is 18.4. The van der Waals surface area contributed by atoms with Gasteiger partial charge in [0.15, 0.2) is 0 Å². The van der Waals surface area contributed by atoms with Crippen LogP contribution in [0.15, 0.2) is 12.2 Å². The summed E-state index contributed by atoms with van der Waals surface area (Å²) >= 11 is 0. The van der Waals surface area contributed by atoms with Crippen molar-refractivity contribution in [3.8, 4) is 0 Å². The molecule has 29 heavy (non-hydrogen) atoms. The molecule has 0 aromatic heterocycles. The van der Waals surface area contributed by atoms with Crippen molar-refractivity contribution in [1.29, 1.82) is 0 Å². The van der Waals surface area contributed by atoms with Gasteiger partial charge in [0.2, 0.25) is 5.91 Å². The Labute approximate surface area is 173 Å². The third-order valence-corrected chi connectivity index (χ3v) is 5.50. The van der Waals surface area contributed by atoms with Gasteiger partial charge in [0.05, 0.1) is 6.04 Å². The topological polar surface area (TPSA) is 76.1 Å². The summed E-state index contributed by atoms with van der Waals surface area (Å²) in [7, 11) is 0. The van der Waals surface area contributed by atoms with E-state index in [1.165, 1.54) is 0 Å². The Morgan fingerprint density at radius 2 is 1.62 bits per heavy atom. The Morgan fingerprint density at radius 1 is 0.966 bits per heavy atom. The molecule has 2 fully saturated rings. The highest BCUT2D eigenvalue weighted by Crippen LogP contribution is 2.36. The highest BCUT2D eigenvalue weighted by Gasteiger charge is 2.50. The first-order chi connectivity index (χ1) is 13.4. The van der Waals surface area contributed by atoms with E-state index in [9.17, 15) is 14.4 Å². The lowest BCUT2D eigenvalue weighted by atomic mass is 9.88. The molecule has 7 heteroatoms. The Balaban J connectivity index is 1.87. The van der Waals surface area contributed by atoms with Gasteiger partial charge >= 0.3 is 12.1 Å². The fraction of sp³-hybridized carbons (Fsp3) is 0.773. The van der Waals surface area contributed by atoms with Crippen molar-refractivity contribution in [2.45, 2.75) is 96.6 Å². The SMILES string of the molecule is CC(C)(C)OC(=O)[C@@H]1CC[C@@H]2C=C[C@H]3CCCN(C(=O)OC(C)(C)C)[C@@H]3C(=O)N21. The molecule has 162 valence electrons. The molecule has 0 spiro atoms. The third-order valence-electron chi connectivity index (χ3n) is 5.50. The van der Waals surface area contributed by atoms with Crippen LogP contribution in [0.3, 0.4) is 0 Å². The van der Waals surface area contributed by atoms with Gasteiger partial charge in [0, 0.05) is 12.5 Å². The van der Waals surface area contributed by atoms with E-state index in [2.05, 4.69) is 6.08 Å². The van der Waals surface area contributed by atoms with Gasteiger partial charge in [-0.05, 0) is 67.2 Å². The molecular formula is C22H34N2O5. The second-order valence-electron chi connectivity index (χ2n) is 10.2. The lowest BCUT2D eigenvalue weighted by molar-refractivity contribution is -0.165. The second-order valence-corrected chi connectivity index (χ2v) is 10.2. The van der Waals surface area contributed by atoms with Gasteiger partial charge in [-0.15, -0.1) is 0 Å².